The summed E-state index contributed by atoms with van der Waals surface area (Å²) < 4.78 is 9.21. The lowest BCUT2D eigenvalue weighted by molar-refractivity contribution is -0.433. The highest BCUT2D eigenvalue weighted by atomic mass is 32.2. The average molecular weight is 886 g/mol. The second-order valence-corrected chi connectivity index (χ2v) is 15.7. The molecule has 3 heterocycles. The Bertz CT molecular complexity index is 1800. The molecular formula is C36H51N7O17S. The zero-order valence-electron chi connectivity index (χ0n) is 33.2. The van der Waals surface area contributed by atoms with Crippen LogP contribution in [0.1, 0.15) is 39.2 Å². The van der Waals surface area contributed by atoms with E-state index in [1.807, 2.05) is 0 Å². The van der Waals surface area contributed by atoms with Gasteiger partial charge in [0.05, 0.1) is 30.5 Å². The van der Waals surface area contributed by atoms with Crippen molar-refractivity contribution in [3.05, 3.63) is 35.2 Å². The predicted octanol–water partition coefficient (Wildman–Crippen LogP) is -4.54. The maximum absolute atomic E-state index is 14.3. The number of carbonyl (C=O) groups excluding carboxylic acids is 6. The summed E-state index contributed by atoms with van der Waals surface area (Å²) in [5, 5.41) is 97.2. The molecule has 24 nitrogen and oxygen atoms in total. The summed E-state index contributed by atoms with van der Waals surface area (Å²) in [6.07, 6.45) is -10.9. The molecule has 0 aromatic heterocycles. The smallest absolute Gasteiger partial charge is 0.261 e. The summed E-state index contributed by atoms with van der Waals surface area (Å²) >= 11 is 0.0871. The van der Waals surface area contributed by atoms with Gasteiger partial charge >= 0.3 is 0 Å². The van der Waals surface area contributed by atoms with Crippen LogP contribution in [0, 0.1) is 18.4 Å². The average Bonchev–Trinajstić information content (AvgIpc) is 3.75. The van der Waals surface area contributed by atoms with E-state index in [1.54, 1.807) is 0 Å². The van der Waals surface area contributed by atoms with Gasteiger partial charge in [-0.2, -0.15) is 0 Å². The van der Waals surface area contributed by atoms with Crippen LogP contribution in [0.2, 0.25) is 0 Å². The largest absolute Gasteiger partial charge is 0.504 e. The molecule has 1 aromatic carbocycles. The second kappa shape index (κ2) is 21.8. The minimum atomic E-state index is -2.07. The van der Waals surface area contributed by atoms with Gasteiger partial charge in [-0.1, -0.05) is 29.3 Å². The summed E-state index contributed by atoms with van der Waals surface area (Å²) in [6, 6.07) is -5.40. The quantitative estimate of drug-likeness (QED) is 0.0346. The SMILES string of the molecule is [C-]#[N+]C[C@@H](O)[C@@H]1NC(=O)[C@H]([C@H](O)Cc2ccc(O)c(OSOOO)c2)NC(=O)[C@@H]2C[C@@H](O)CN2C(=O)[C@H]([C@@H](C)O)NC(=O)C(C)C[C@@H](O)CNC(=O)[C@@H]2[C@@H](O)[C@@H](C)CN2C1=O. The van der Waals surface area contributed by atoms with Crippen LogP contribution in [0.5, 0.6) is 11.5 Å². The normalized spacial score (nSPS) is 31.3. The molecule has 0 bridgehead atoms. The van der Waals surface area contributed by atoms with Gasteiger partial charge < -0.3 is 75.8 Å². The molecule has 12 N–H and O–H groups in total. The number of amides is 6. The Labute approximate surface area is 353 Å². The second-order valence-electron chi connectivity index (χ2n) is 15.3. The van der Waals surface area contributed by atoms with Crippen LogP contribution in [-0.4, -0.2) is 179 Å². The number of hydrogen-bond acceptors (Lipinski definition) is 18. The molecule has 3 aliphatic heterocycles. The molecule has 3 saturated heterocycles. The van der Waals surface area contributed by atoms with Crippen LogP contribution in [0.4, 0.5) is 0 Å². The van der Waals surface area contributed by atoms with Crippen LogP contribution in [0.15, 0.2) is 18.2 Å². The highest BCUT2D eigenvalue weighted by Gasteiger charge is 2.50. The van der Waals surface area contributed by atoms with Gasteiger partial charge in [0, 0.05) is 44.3 Å². The number of aliphatic hydroxyl groups excluding tert-OH is 6. The van der Waals surface area contributed by atoms with Gasteiger partial charge in [0.15, 0.2) is 17.6 Å². The monoisotopic (exact) mass is 885 g/mol. The first-order valence-electron chi connectivity index (χ1n) is 19.1. The first kappa shape index (κ1) is 48.8. The van der Waals surface area contributed by atoms with E-state index in [0.717, 1.165) is 15.9 Å². The molecule has 25 heteroatoms. The number of β-amino-alcohol motifs (C(OH)–C–C–N with tert-alkyl or cyclic N) is 1. The molecule has 338 valence electrons. The molecule has 1 unspecified atom stereocenters. The van der Waals surface area contributed by atoms with Crippen molar-refractivity contribution in [1.82, 2.24) is 31.1 Å². The Balaban J connectivity index is 1.80. The van der Waals surface area contributed by atoms with Crippen LogP contribution < -0.4 is 25.5 Å². The Morgan fingerprint density at radius 3 is 2.16 bits per heavy atom. The number of phenolic OH excluding ortho intramolecular Hbond substituents is 1. The number of nitrogens with one attached hydrogen (secondary N) is 4. The van der Waals surface area contributed by atoms with Crippen LogP contribution >= 0.6 is 12.3 Å². The van der Waals surface area contributed by atoms with Crippen molar-refractivity contribution in [2.75, 3.05) is 26.2 Å². The molecule has 0 spiro atoms. The molecule has 0 radical (unpaired) electrons. The van der Waals surface area contributed by atoms with Crippen LogP contribution in [0.25, 0.3) is 4.85 Å². The molecular weight excluding hydrogens is 834 g/mol. The fourth-order valence-corrected chi connectivity index (χ4v) is 7.60. The number of hydrogen-bond donors (Lipinski definition) is 12. The van der Waals surface area contributed by atoms with Gasteiger partial charge in [-0.15, -0.1) is 0 Å². The van der Waals surface area contributed by atoms with Gasteiger partial charge in [0.2, 0.25) is 42.0 Å². The summed E-state index contributed by atoms with van der Waals surface area (Å²) in [6.45, 7) is 9.42. The highest BCUT2D eigenvalue weighted by Crippen LogP contribution is 2.31. The van der Waals surface area contributed by atoms with Crippen molar-refractivity contribution >= 4 is 47.8 Å². The molecule has 3 fully saturated rings. The molecule has 6 amide bonds. The zero-order chi connectivity index (χ0) is 45.3. The Morgan fingerprint density at radius 1 is 0.852 bits per heavy atom. The van der Waals surface area contributed by atoms with Crippen molar-refractivity contribution in [1.29, 1.82) is 0 Å². The molecule has 0 saturated carbocycles. The number of carbonyl (C=O) groups is 6. The fourth-order valence-electron chi connectivity index (χ4n) is 7.34. The zero-order valence-corrected chi connectivity index (χ0v) is 34.0. The summed E-state index contributed by atoms with van der Waals surface area (Å²) in [7, 11) is 0. The van der Waals surface area contributed by atoms with Gasteiger partial charge in [0.1, 0.15) is 30.2 Å². The van der Waals surface area contributed by atoms with E-state index in [2.05, 4.69) is 35.5 Å². The van der Waals surface area contributed by atoms with Crippen LogP contribution in [0.3, 0.4) is 0 Å². The maximum atomic E-state index is 14.3. The maximum Gasteiger partial charge on any atom is 0.261 e. The fraction of sp³-hybridized carbons (Fsp3) is 0.639. The molecule has 3 aliphatic rings. The minimum absolute atomic E-state index is 0.0871. The summed E-state index contributed by atoms with van der Waals surface area (Å²) in [5.74, 6) is -8.88. The van der Waals surface area contributed by atoms with Crippen molar-refractivity contribution in [3.8, 4) is 11.5 Å². The number of nitrogens with zero attached hydrogens (tertiary/aromatic N) is 3. The van der Waals surface area contributed by atoms with E-state index in [-0.39, 0.29) is 36.6 Å². The number of fused-ring (bicyclic) bond motifs is 2. The van der Waals surface area contributed by atoms with Crippen molar-refractivity contribution in [2.45, 2.75) is 107 Å². The highest BCUT2D eigenvalue weighted by molar-refractivity contribution is 7.90. The Kier molecular flexibility index (Phi) is 17.4. The number of rotatable bonds is 10. The number of aliphatic hydroxyl groups is 6. The van der Waals surface area contributed by atoms with Gasteiger partial charge in [-0.25, -0.2) is 11.8 Å². The number of benzene rings is 1. The van der Waals surface area contributed by atoms with Gasteiger partial charge in [0.25, 0.3) is 12.3 Å². The topological polar surface area (TPSA) is 351 Å². The van der Waals surface area contributed by atoms with Crippen molar-refractivity contribution < 1.29 is 83.3 Å². The Morgan fingerprint density at radius 2 is 1.51 bits per heavy atom. The van der Waals surface area contributed by atoms with E-state index in [1.165, 1.54) is 32.9 Å². The van der Waals surface area contributed by atoms with E-state index in [4.69, 9.17) is 16.0 Å². The predicted molar refractivity (Wildman–Crippen MR) is 205 cm³/mol. The van der Waals surface area contributed by atoms with E-state index < -0.39 is 152 Å². The third kappa shape index (κ3) is 12.2. The molecule has 61 heavy (non-hydrogen) atoms. The number of aromatic hydroxyl groups is 1. The van der Waals surface area contributed by atoms with Gasteiger partial charge in [-0.3, -0.25) is 28.8 Å². The third-order valence-electron chi connectivity index (χ3n) is 10.6. The van der Waals surface area contributed by atoms with Gasteiger partial charge in [-0.05, 0) is 31.0 Å². The molecule has 4 rings (SSSR count). The van der Waals surface area contributed by atoms with E-state index >= 15 is 0 Å². The molecule has 0 aliphatic carbocycles. The van der Waals surface area contributed by atoms with Crippen LogP contribution in [-0.2, 0) is 44.6 Å². The lowest BCUT2D eigenvalue weighted by Crippen LogP contribution is -2.64. The van der Waals surface area contributed by atoms with Crippen molar-refractivity contribution in [2.24, 2.45) is 11.8 Å². The van der Waals surface area contributed by atoms with E-state index in [0.29, 0.717) is 0 Å². The Hall–Kier alpha value is -4.88. The number of phenols is 1. The minimum Gasteiger partial charge on any atom is -0.504 e. The lowest BCUT2D eigenvalue weighted by atomic mass is 9.99. The summed E-state index contributed by atoms with van der Waals surface area (Å²) in [4.78, 5) is 88.2. The summed E-state index contributed by atoms with van der Waals surface area (Å²) in [5.41, 5.74) is 0.146. The first-order valence-corrected chi connectivity index (χ1v) is 19.8. The molecule has 1 aromatic rings. The standard InChI is InChI=1S/C36H51N7O17S/c1-15-7-19(45)11-38-34(54)29-30(50)16(2)13-43(29)36(56)28(24(49)12-37-4)41-33(53)27(23(48)8-18-5-6-22(47)25(9-18)58-61-60-59-57)40-32(52)21-10-20(46)14-42(21)35(55)26(17(3)44)39-31(15)51/h5-6,9,15-17,19-21,23-24,26-30,44-50,57H,7-8,10-14H2,1-3H3,(H,38,54)(H,39,51)(H,40,52)(H,41,53)/t15?,16-,17+,19+,20+,21-,23+,24+,26-,27-,28-,29-,30-/m0/s1. The van der Waals surface area contributed by atoms with Crippen molar-refractivity contribution in [3.63, 3.8) is 0 Å². The lowest BCUT2D eigenvalue weighted by Gasteiger charge is -2.33. The van der Waals surface area contributed by atoms with E-state index in [9.17, 15) is 64.5 Å². The first-order chi connectivity index (χ1) is 28.8. The third-order valence-corrected chi connectivity index (χ3v) is 11.0. The molecule has 13 atom stereocenters.